The minimum absolute atomic E-state index is 0.0357. The van der Waals surface area contributed by atoms with Gasteiger partial charge >= 0.3 is 5.97 Å². The Balaban J connectivity index is 1.81. The summed E-state index contributed by atoms with van der Waals surface area (Å²) >= 11 is 12.0. The third-order valence-corrected chi connectivity index (χ3v) is 6.12. The Bertz CT molecular complexity index is 1130. The molecule has 142 valence electrons. The molecule has 3 aromatic rings. The summed E-state index contributed by atoms with van der Waals surface area (Å²) in [5.41, 5.74) is 1.13. The molecule has 0 amide bonds. The third-order valence-electron chi connectivity index (χ3n) is 3.75. The number of carbonyl (C=O) groups is 1. The number of benzene rings is 1. The second kappa shape index (κ2) is 7.47. The van der Waals surface area contributed by atoms with E-state index < -0.39 is 16.0 Å². The van der Waals surface area contributed by atoms with E-state index in [2.05, 4.69) is 4.98 Å². The lowest BCUT2D eigenvalue weighted by Gasteiger charge is -2.12. The highest BCUT2D eigenvalue weighted by Gasteiger charge is 2.21. The molecule has 0 fully saturated rings. The fourth-order valence-electron chi connectivity index (χ4n) is 2.34. The summed E-state index contributed by atoms with van der Waals surface area (Å²) < 4.78 is 32.5. The van der Waals surface area contributed by atoms with E-state index in [0.29, 0.717) is 16.4 Å². The van der Waals surface area contributed by atoms with Crippen molar-refractivity contribution in [1.82, 2.24) is 13.7 Å². The first-order valence-corrected chi connectivity index (χ1v) is 9.90. The summed E-state index contributed by atoms with van der Waals surface area (Å²) in [6, 6.07) is 7.32. The molecule has 7 nitrogen and oxygen atoms in total. The Morgan fingerprint density at radius 1 is 1.19 bits per heavy atom. The van der Waals surface area contributed by atoms with E-state index in [4.69, 9.17) is 27.9 Å². The lowest BCUT2D eigenvalue weighted by Crippen LogP contribution is -2.22. The Labute approximate surface area is 166 Å². The topological polar surface area (TPSA) is 81.0 Å². The number of ether oxygens (including phenoxy) is 1. The monoisotopic (exact) mass is 427 g/mol. The Kier molecular flexibility index (Phi) is 5.43. The van der Waals surface area contributed by atoms with Crippen LogP contribution in [0.5, 0.6) is 0 Å². The van der Waals surface area contributed by atoms with Gasteiger partial charge in [0.2, 0.25) is 10.0 Å². The molecule has 0 saturated heterocycles. The first-order valence-electron chi connectivity index (χ1n) is 7.71. The Hall–Kier alpha value is -2.13. The number of aromatic nitrogens is 2. The molecule has 0 radical (unpaired) electrons. The van der Waals surface area contributed by atoms with Gasteiger partial charge in [0.1, 0.15) is 12.3 Å². The molecule has 2 heterocycles. The fourth-order valence-corrected chi connectivity index (χ4v) is 3.63. The number of hydrogen-bond donors (Lipinski definition) is 0. The van der Waals surface area contributed by atoms with Crippen molar-refractivity contribution in [3.05, 3.63) is 64.0 Å². The maximum atomic E-state index is 12.4. The number of hydrogen-bond acceptors (Lipinski definition) is 5. The van der Waals surface area contributed by atoms with Crippen LogP contribution in [0.1, 0.15) is 16.1 Å². The van der Waals surface area contributed by atoms with Crippen molar-refractivity contribution in [3.8, 4) is 0 Å². The zero-order chi connectivity index (χ0) is 19.8. The van der Waals surface area contributed by atoms with Crippen LogP contribution in [0.25, 0.3) is 5.65 Å². The van der Waals surface area contributed by atoms with E-state index >= 15 is 0 Å². The van der Waals surface area contributed by atoms with Crippen molar-refractivity contribution >= 4 is 44.8 Å². The molecule has 0 aliphatic rings. The fraction of sp³-hybridized carbons (Fsp3) is 0.176. The number of pyridine rings is 1. The minimum Gasteiger partial charge on any atom is -0.455 e. The van der Waals surface area contributed by atoms with Gasteiger partial charge in [-0.05, 0) is 30.3 Å². The molecule has 0 bridgehead atoms. The van der Waals surface area contributed by atoms with Crippen molar-refractivity contribution < 1.29 is 17.9 Å². The number of rotatable bonds is 5. The standard InChI is InChI=1S/C17H15Cl2N3O4S/c1-21(2)27(24,25)13-4-5-15(19)14(7-13)17(23)26-10-12-9-22-8-11(18)3-6-16(22)20-12/h3-9H,10H2,1-2H3. The molecular weight excluding hydrogens is 413 g/mol. The first kappa shape index (κ1) is 19.6. The molecule has 2 aromatic heterocycles. The van der Waals surface area contributed by atoms with Crippen LogP contribution in [0.3, 0.4) is 0 Å². The molecule has 27 heavy (non-hydrogen) atoms. The van der Waals surface area contributed by atoms with Gasteiger partial charge in [0.05, 0.1) is 26.2 Å². The number of esters is 1. The average molecular weight is 428 g/mol. The van der Waals surface area contributed by atoms with Gasteiger partial charge in [-0.25, -0.2) is 22.5 Å². The van der Waals surface area contributed by atoms with E-state index in [0.717, 1.165) is 4.31 Å². The van der Waals surface area contributed by atoms with Gasteiger partial charge in [0.15, 0.2) is 0 Å². The smallest absolute Gasteiger partial charge is 0.340 e. The SMILES string of the molecule is CN(C)S(=O)(=O)c1ccc(Cl)c(C(=O)OCc2cn3cc(Cl)ccc3n2)c1. The van der Waals surface area contributed by atoms with Crippen LogP contribution in [0.4, 0.5) is 0 Å². The molecule has 0 N–H and O–H groups in total. The molecule has 0 saturated carbocycles. The predicted molar refractivity (Wildman–Crippen MR) is 102 cm³/mol. The number of sulfonamides is 1. The van der Waals surface area contributed by atoms with Crippen LogP contribution in [0.15, 0.2) is 47.6 Å². The largest absolute Gasteiger partial charge is 0.455 e. The van der Waals surface area contributed by atoms with Gasteiger partial charge in [0, 0.05) is 26.5 Å². The molecule has 1 aromatic carbocycles. The zero-order valence-corrected chi connectivity index (χ0v) is 16.7. The van der Waals surface area contributed by atoms with E-state index in [1.165, 1.54) is 32.3 Å². The molecule has 0 unspecified atom stereocenters. The van der Waals surface area contributed by atoms with Gasteiger partial charge in [0.25, 0.3) is 0 Å². The first-order chi connectivity index (χ1) is 12.7. The van der Waals surface area contributed by atoms with Crippen LogP contribution in [-0.4, -0.2) is 42.2 Å². The van der Waals surface area contributed by atoms with Gasteiger partial charge in [-0.15, -0.1) is 0 Å². The van der Waals surface area contributed by atoms with Gasteiger partial charge in [-0.3, -0.25) is 0 Å². The quantitative estimate of drug-likeness (QED) is 0.583. The van der Waals surface area contributed by atoms with Crippen LogP contribution < -0.4 is 0 Å². The van der Waals surface area contributed by atoms with E-state index in [9.17, 15) is 13.2 Å². The maximum Gasteiger partial charge on any atom is 0.340 e. The van der Waals surface area contributed by atoms with E-state index in [-0.39, 0.29) is 22.1 Å². The lowest BCUT2D eigenvalue weighted by molar-refractivity contribution is 0.0468. The second-order valence-electron chi connectivity index (χ2n) is 5.85. The average Bonchev–Trinajstić information content (AvgIpc) is 3.01. The number of imidazole rings is 1. The summed E-state index contributed by atoms with van der Waals surface area (Å²) in [5.74, 6) is -0.745. The van der Waals surface area contributed by atoms with Crippen molar-refractivity contribution in [2.75, 3.05) is 14.1 Å². The molecule has 0 spiro atoms. The zero-order valence-electron chi connectivity index (χ0n) is 14.4. The minimum atomic E-state index is -3.70. The highest BCUT2D eigenvalue weighted by Crippen LogP contribution is 2.23. The summed E-state index contributed by atoms with van der Waals surface area (Å²) in [6.07, 6.45) is 3.37. The van der Waals surface area contributed by atoms with Gasteiger partial charge < -0.3 is 9.14 Å². The van der Waals surface area contributed by atoms with E-state index in [1.54, 1.807) is 28.9 Å². The molecule has 3 rings (SSSR count). The second-order valence-corrected chi connectivity index (χ2v) is 8.85. The van der Waals surface area contributed by atoms with Gasteiger partial charge in [-0.2, -0.15) is 0 Å². The predicted octanol–water partition coefficient (Wildman–Crippen LogP) is 3.25. The number of halogens is 2. The third kappa shape index (κ3) is 4.08. The summed E-state index contributed by atoms with van der Waals surface area (Å²) in [7, 11) is -0.899. The number of fused-ring (bicyclic) bond motifs is 1. The van der Waals surface area contributed by atoms with E-state index in [1.807, 2.05) is 0 Å². The van der Waals surface area contributed by atoms with Crippen molar-refractivity contribution in [1.29, 1.82) is 0 Å². The van der Waals surface area contributed by atoms with Crippen LogP contribution in [0.2, 0.25) is 10.0 Å². The Morgan fingerprint density at radius 2 is 1.93 bits per heavy atom. The molecule has 0 aliphatic heterocycles. The highest BCUT2D eigenvalue weighted by molar-refractivity contribution is 7.89. The summed E-state index contributed by atoms with van der Waals surface area (Å²) in [5, 5.41) is 0.647. The Morgan fingerprint density at radius 3 is 2.63 bits per heavy atom. The molecule has 10 heteroatoms. The maximum absolute atomic E-state index is 12.4. The normalized spacial score (nSPS) is 11.9. The summed E-state index contributed by atoms with van der Waals surface area (Å²) in [4.78, 5) is 16.7. The number of carbonyl (C=O) groups excluding carboxylic acids is 1. The molecular formula is C17H15Cl2N3O4S. The van der Waals surface area contributed by atoms with Gasteiger partial charge in [-0.1, -0.05) is 23.2 Å². The molecule has 0 atom stereocenters. The van der Waals surface area contributed by atoms with Crippen LogP contribution in [0, 0.1) is 0 Å². The van der Waals surface area contributed by atoms with Crippen LogP contribution >= 0.6 is 23.2 Å². The van der Waals surface area contributed by atoms with Crippen LogP contribution in [-0.2, 0) is 21.4 Å². The van der Waals surface area contributed by atoms with Crippen molar-refractivity contribution in [2.45, 2.75) is 11.5 Å². The highest BCUT2D eigenvalue weighted by atomic mass is 35.5. The summed E-state index contributed by atoms with van der Waals surface area (Å²) in [6.45, 7) is -0.0981. The van der Waals surface area contributed by atoms with Crippen molar-refractivity contribution in [3.63, 3.8) is 0 Å². The lowest BCUT2D eigenvalue weighted by atomic mass is 10.2. The van der Waals surface area contributed by atoms with Crippen molar-refractivity contribution in [2.24, 2.45) is 0 Å². The number of nitrogens with zero attached hydrogens (tertiary/aromatic N) is 3. The molecule has 0 aliphatic carbocycles.